The Morgan fingerprint density at radius 1 is 1.45 bits per heavy atom. The van der Waals surface area contributed by atoms with Crippen LogP contribution >= 0.6 is 0 Å². The lowest BCUT2D eigenvalue weighted by Crippen LogP contribution is -2.51. The Morgan fingerprint density at radius 3 is 2.70 bits per heavy atom. The number of nitrogens with one attached hydrogen (secondary N) is 1. The molecular formula is C14H23N3O3. The van der Waals surface area contributed by atoms with Crippen molar-refractivity contribution in [2.45, 2.75) is 32.7 Å². The molecule has 1 rings (SSSR count). The maximum absolute atomic E-state index is 12.2. The highest BCUT2D eigenvalue weighted by atomic mass is 16.2. The molecule has 20 heavy (non-hydrogen) atoms. The van der Waals surface area contributed by atoms with Gasteiger partial charge in [0.05, 0.1) is 6.54 Å². The van der Waals surface area contributed by atoms with Gasteiger partial charge in [-0.3, -0.25) is 14.4 Å². The number of amides is 3. The molecule has 0 radical (unpaired) electrons. The molecular weight excluding hydrogens is 258 g/mol. The van der Waals surface area contributed by atoms with Crippen molar-refractivity contribution in [2.75, 3.05) is 26.2 Å². The Hall–Kier alpha value is -1.85. The average molecular weight is 281 g/mol. The monoisotopic (exact) mass is 281 g/mol. The third kappa shape index (κ3) is 4.68. The number of piperidine rings is 1. The predicted octanol–water partition coefficient (Wildman–Crippen LogP) is 0.148. The second kappa shape index (κ2) is 7.67. The molecule has 0 saturated carbocycles. The summed E-state index contributed by atoms with van der Waals surface area (Å²) in [6, 6.07) is 0.00961. The molecule has 1 atom stereocenters. The molecule has 1 aliphatic rings. The summed E-state index contributed by atoms with van der Waals surface area (Å²) in [5.41, 5.74) is 0. The molecule has 112 valence electrons. The maximum Gasteiger partial charge on any atom is 0.246 e. The van der Waals surface area contributed by atoms with Gasteiger partial charge in [0.2, 0.25) is 17.7 Å². The molecule has 3 amide bonds. The van der Waals surface area contributed by atoms with E-state index in [1.807, 2.05) is 6.92 Å². The number of likely N-dealkylation sites (N-methyl/N-ethyl adjacent to an activating group) is 1. The fourth-order valence-electron chi connectivity index (χ4n) is 2.35. The third-order valence-electron chi connectivity index (χ3n) is 3.38. The van der Waals surface area contributed by atoms with E-state index in [1.165, 1.54) is 17.9 Å². The number of hydrogen-bond acceptors (Lipinski definition) is 3. The summed E-state index contributed by atoms with van der Waals surface area (Å²) in [5, 5.41) is 2.84. The van der Waals surface area contributed by atoms with Gasteiger partial charge in [-0.2, -0.15) is 0 Å². The molecule has 1 heterocycles. The first-order valence-corrected chi connectivity index (χ1v) is 6.94. The van der Waals surface area contributed by atoms with Gasteiger partial charge in [0.15, 0.2) is 0 Å². The van der Waals surface area contributed by atoms with Gasteiger partial charge in [0.25, 0.3) is 0 Å². The van der Waals surface area contributed by atoms with Crippen molar-refractivity contribution in [2.24, 2.45) is 0 Å². The topological polar surface area (TPSA) is 69.7 Å². The second-order valence-corrected chi connectivity index (χ2v) is 4.94. The van der Waals surface area contributed by atoms with Gasteiger partial charge in [0, 0.05) is 32.6 Å². The first-order valence-electron chi connectivity index (χ1n) is 6.94. The summed E-state index contributed by atoms with van der Waals surface area (Å²) < 4.78 is 0. The van der Waals surface area contributed by atoms with E-state index in [9.17, 15) is 14.4 Å². The minimum atomic E-state index is -0.240. The molecule has 0 aliphatic carbocycles. The molecule has 1 aliphatic heterocycles. The second-order valence-electron chi connectivity index (χ2n) is 4.94. The molecule has 0 aromatic heterocycles. The van der Waals surface area contributed by atoms with E-state index in [0.717, 1.165) is 12.8 Å². The quantitative estimate of drug-likeness (QED) is 0.729. The van der Waals surface area contributed by atoms with Crippen LogP contribution in [0.25, 0.3) is 0 Å². The minimum absolute atomic E-state index is 0.00961. The molecule has 1 fully saturated rings. The lowest BCUT2D eigenvalue weighted by Gasteiger charge is -2.34. The van der Waals surface area contributed by atoms with Crippen LogP contribution in [0.4, 0.5) is 0 Å². The van der Waals surface area contributed by atoms with Gasteiger partial charge < -0.3 is 15.1 Å². The largest absolute Gasteiger partial charge is 0.352 e. The Morgan fingerprint density at radius 2 is 2.15 bits per heavy atom. The average Bonchev–Trinajstić information content (AvgIpc) is 2.43. The van der Waals surface area contributed by atoms with E-state index in [1.54, 1.807) is 4.90 Å². The highest BCUT2D eigenvalue weighted by Gasteiger charge is 2.25. The lowest BCUT2D eigenvalue weighted by atomic mass is 10.1. The van der Waals surface area contributed by atoms with Crippen LogP contribution < -0.4 is 5.32 Å². The first-order chi connectivity index (χ1) is 9.47. The van der Waals surface area contributed by atoms with Crippen LogP contribution in [0, 0.1) is 0 Å². The number of hydrogen-bond donors (Lipinski definition) is 1. The summed E-state index contributed by atoms with van der Waals surface area (Å²) in [6.07, 6.45) is 2.96. The van der Waals surface area contributed by atoms with Crippen LogP contribution in [0.15, 0.2) is 12.7 Å². The van der Waals surface area contributed by atoms with Crippen molar-refractivity contribution < 1.29 is 14.4 Å². The Bertz CT molecular complexity index is 395. The number of carbonyl (C=O) groups is 3. The third-order valence-corrected chi connectivity index (χ3v) is 3.38. The molecule has 0 aromatic carbocycles. The van der Waals surface area contributed by atoms with E-state index in [-0.39, 0.29) is 30.3 Å². The first kappa shape index (κ1) is 16.2. The maximum atomic E-state index is 12.2. The van der Waals surface area contributed by atoms with Crippen LogP contribution in [-0.2, 0) is 14.4 Å². The van der Waals surface area contributed by atoms with Gasteiger partial charge in [-0.15, -0.1) is 0 Å². The molecule has 0 spiro atoms. The fourth-order valence-corrected chi connectivity index (χ4v) is 2.35. The van der Waals surface area contributed by atoms with Crippen LogP contribution in [0.2, 0.25) is 0 Å². The zero-order chi connectivity index (χ0) is 15.1. The highest BCUT2D eigenvalue weighted by molar-refractivity contribution is 5.90. The van der Waals surface area contributed by atoms with Crippen molar-refractivity contribution >= 4 is 17.7 Å². The zero-order valence-electron chi connectivity index (χ0n) is 12.2. The summed E-state index contributed by atoms with van der Waals surface area (Å²) in [6.45, 7) is 8.45. The Balaban J connectivity index is 2.55. The van der Waals surface area contributed by atoms with Crippen molar-refractivity contribution in [3.05, 3.63) is 12.7 Å². The van der Waals surface area contributed by atoms with Gasteiger partial charge in [-0.05, 0) is 25.8 Å². The van der Waals surface area contributed by atoms with Crippen LogP contribution in [0.1, 0.15) is 26.7 Å². The molecule has 1 N–H and O–H groups in total. The van der Waals surface area contributed by atoms with E-state index < -0.39 is 0 Å². The van der Waals surface area contributed by atoms with Crippen molar-refractivity contribution in [1.29, 1.82) is 0 Å². The van der Waals surface area contributed by atoms with Gasteiger partial charge in [0.1, 0.15) is 0 Å². The predicted molar refractivity (Wildman–Crippen MR) is 75.9 cm³/mol. The van der Waals surface area contributed by atoms with Crippen molar-refractivity contribution in [3.8, 4) is 0 Å². The van der Waals surface area contributed by atoms with Gasteiger partial charge in [-0.1, -0.05) is 6.58 Å². The van der Waals surface area contributed by atoms with E-state index in [4.69, 9.17) is 0 Å². The van der Waals surface area contributed by atoms with E-state index in [0.29, 0.717) is 19.6 Å². The van der Waals surface area contributed by atoms with E-state index in [2.05, 4.69) is 11.9 Å². The Kier molecular flexibility index (Phi) is 6.21. The molecule has 1 unspecified atom stereocenters. The highest BCUT2D eigenvalue weighted by Crippen LogP contribution is 2.11. The van der Waals surface area contributed by atoms with Crippen LogP contribution in [-0.4, -0.2) is 59.7 Å². The number of carbonyl (C=O) groups excluding carboxylic acids is 3. The molecule has 6 nitrogen and oxygen atoms in total. The van der Waals surface area contributed by atoms with Crippen molar-refractivity contribution in [1.82, 2.24) is 15.1 Å². The molecule has 0 bridgehead atoms. The summed E-state index contributed by atoms with van der Waals surface area (Å²) >= 11 is 0. The normalized spacial score (nSPS) is 18.3. The van der Waals surface area contributed by atoms with Crippen LogP contribution in [0.3, 0.4) is 0 Å². The van der Waals surface area contributed by atoms with Gasteiger partial charge in [-0.25, -0.2) is 0 Å². The number of nitrogens with zero attached hydrogens (tertiary/aromatic N) is 2. The molecule has 6 heteroatoms. The molecule has 0 aromatic rings. The summed E-state index contributed by atoms with van der Waals surface area (Å²) in [5.74, 6) is -0.408. The van der Waals surface area contributed by atoms with Crippen LogP contribution in [0.5, 0.6) is 0 Å². The standard InChI is InChI=1S/C14H23N3O3/c1-4-13(19)16(5-2)10-14(20)17-8-6-7-12(9-17)15-11(3)18/h4,12H,1,5-10H2,2-3H3,(H,15,18). The summed E-state index contributed by atoms with van der Waals surface area (Å²) in [4.78, 5) is 38.0. The number of likely N-dealkylation sites (tertiary alicyclic amines) is 1. The summed E-state index contributed by atoms with van der Waals surface area (Å²) in [7, 11) is 0. The smallest absolute Gasteiger partial charge is 0.246 e. The molecule has 1 saturated heterocycles. The minimum Gasteiger partial charge on any atom is -0.352 e. The van der Waals surface area contributed by atoms with E-state index >= 15 is 0 Å². The van der Waals surface area contributed by atoms with Gasteiger partial charge >= 0.3 is 0 Å². The zero-order valence-corrected chi connectivity index (χ0v) is 12.2. The Labute approximate surface area is 119 Å². The number of rotatable bonds is 5. The van der Waals surface area contributed by atoms with Crippen molar-refractivity contribution in [3.63, 3.8) is 0 Å². The fraction of sp³-hybridized carbons (Fsp3) is 0.643. The SMILES string of the molecule is C=CC(=O)N(CC)CC(=O)N1CCCC(NC(C)=O)C1. The lowest BCUT2D eigenvalue weighted by molar-refractivity contribution is -0.139.